The molecule has 0 saturated carbocycles. The van der Waals surface area contributed by atoms with Crippen molar-refractivity contribution in [1.82, 2.24) is 4.90 Å². The Morgan fingerprint density at radius 1 is 0.933 bits per heavy atom. The van der Waals surface area contributed by atoms with Gasteiger partial charge >= 0.3 is 5.97 Å². The molecule has 0 bridgehead atoms. The molecule has 3 aromatic carbocycles. The van der Waals surface area contributed by atoms with Crippen LogP contribution < -0.4 is 0 Å². The number of nitrogens with zero attached hydrogens (tertiary/aromatic N) is 1. The van der Waals surface area contributed by atoms with Crippen LogP contribution in [0.3, 0.4) is 0 Å². The molecule has 154 valence electrons. The summed E-state index contributed by atoms with van der Waals surface area (Å²) in [5.41, 5.74) is 7.12. The van der Waals surface area contributed by atoms with E-state index in [4.69, 9.17) is 0 Å². The Balaban J connectivity index is 1.79. The molecule has 30 heavy (non-hydrogen) atoms. The van der Waals surface area contributed by atoms with E-state index < -0.39 is 12.0 Å². The minimum Gasteiger partial charge on any atom is -0.480 e. The summed E-state index contributed by atoms with van der Waals surface area (Å²) < 4.78 is 0. The third-order valence-electron chi connectivity index (χ3n) is 6.22. The fourth-order valence-electron chi connectivity index (χ4n) is 4.62. The lowest BCUT2D eigenvalue weighted by molar-refractivity contribution is -0.145. The molecule has 4 rings (SSSR count). The largest absolute Gasteiger partial charge is 0.480 e. The first-order valence-electron chi connectivity index (χ1n) is 10.8. The van der Waals surface area contributed by atoms with Crippen molar-refractivity contribution < 1.29 is 9.90 Å². The first kappa shape index (κ1) is 20.4. The number of carboxylic acids is 1. The number of hydrogen-bond donors (Lipinski definition) is 1. The summed E-state index contributed by atoms with van der Waals surface area (Å²) in [5, 5.41) is 9.93. The molecule has 1 N–H and O–H groups in total. The summed E-state index contributed by atoms with van der Waals surface area (Å²) >= 11 is 0. The predicted octanol–water partition coefficient (Wildman–Crippen LogP) is 6.00. The summed E-state index contributed by atoms with van der Waals surface area (Å²) in [6, 6.07) is 25.0. The van der Waals surface area contributed by atoms with Gasteiger partial charge in [-0.2, -0.15) is 0 Å². The van der Waals surface area contributed by atoms with Crippen LogP contribution in [0.15, 0.2) is 72.8 Å². The fourth-order valence-corrected chi connectivity index (χ4v) is 4.62. The van der Waals surface area contributed by atoms with Crippen LogP contribution >= 0.6 is 0 Å². The molecule has 3 heteroatoms. The summed E-state index contributed by atoms with van der Waals surface area (Å²) in [5.74, 6) is -0.717. The number of likely N-dealkylation sites (tertiary alicyclic amines) is 1. The van der Waals surface area contributed by atoms with Crippen molar-refractivity contribution in [2.24, 2.45) is 0 Å². The Kier molecular flexibility index (Phi) is 6.01. The van der Waals surface area contributed by atoms with E-state index in [1.165, 1.54) is 27.8 Å². The molecule has 0 radical (unpaired) electrons. The second-order valence-corrected chi connectivity index (χ2v) is 8.34. The second kappa shape index (κ2) is 8.85. The lowest BCUT2D eigenvalue weighted by Crippen LogP contribution is -2.47. The zero-order valence-electron chi connectivity index (χ0n) is 17.7. The van der Waals surface area contributed by atoms with Crippen LogP contribution in [0.5, 0.6) is 0 Å². The highest BCUT2D eigenvalue weighted by atomic mass is 16.4. The van der Waals surface area contributed by atoms with Gasteiger partial charge in [0.25, 0.3) is 0 Å². The molecule has 0 aliphatic carbocycles. The number of carbonyl (C=O) groups is 1. The van der Waals surface area contributed by atoms with Crippen molar-refractivity contribution in [3.05, 3.63) is 95.1 Å². The van der Waals surface area contributed by atoms with E-state index in [9.17, 15) is 9.90 Å². The minimum absolute atomic E-state index is 0.0591. The van der Waals surface area contributed by atoms with Gasteiger partial charge in [-0.1, -0.05) is 84.8 Å². The van der Waals surface area contributed by atoms with Crippen LogP contribution in [0.2, 0.25) is 0 Å². The maximum Gasteiger partial charge on any atom is 0.320 e. The van der Waals surface area contributed by atoms with E-state index in [1.54, 1.807) is 0 Å². The molecule has 0 spiro atoms. The predicted molar refractivity (Wildman–Crippen MR) is 122 cm³/mol. The number of carboxylic acid groups (broad SMARTS) is 1. The van der Waals surface area contributed by atoms with Crippen LogP contribution in [0.4, 0.5) is 0 Å². The molecular weight excluding hydrogens is 370 g/mol. The third-order valence-corrected chi connectivity index (χ3v) is 6.22. The molecule has 2 atom stereocenters. The van der Waals surface area contributed by atoms with E-state index in [2.05, 4.69) is 73.3 Å². The quantitative estimate of drug-likeness (QED) is 0.572. The Morgan fingerprint density at radius 2 is 1.63 bits per heavy atom. The standard InChI is InChI=1S/C27H29NO2/c1-19-11-12-20(2)24(18-19)26(28-17-7-6-10-25(28)27(29)30)23-15-13-22(14-16-23)21-8-4-3-5-9-21/h3-5,8-9,11-16,18,25-26H,6-7,10,17H2,1-2H3,(H,29,30). The Morgan fingerprint density at radius 3 is 2.33 bits per heavy atom. The summed E-state index contributed by atoms with van der Waals surface area (Å²) in [6.45, 7) is 5.03. The lowest BCUT2D eigenvalue weighted by Gasteiger charge is -2.40. The molecule has 3 nitrogen and oxygen atoms in total. The molecule has 1 aliphatic rings. The monoisotopic (exact) mass is 399 g/mol. The van der Waals surface area contributed by atoms with Gasteiger partial charge in [-0.3, -0.25) is 9.69 Å². The molecule has 2 unspecified atom stereocenters. The topological polar surface area (TPSA) is 40.5 Å². The zero-order valence-corrected chi connectivity index (χ0v) is 17.7. The number of hydrogen-bond acceptors (Lipinski definition) is 2. The molecule has 3 aromatic rings. The number of rotatable bonds is 5. The van der Waals surface area contributed by atoms with E-state index in [0.717, 1.165) is 24.9 Å². The number of benzene rings is 3. The highest BCUT2D eigenvalue weighted by molar-refractivity contribution is 5.74. The van der Waals surface area contributed by atoms with Crippen molar-refractivity contribution in [2.75, 3.05) is 6.54 Å². The van der Waals surface area contributed by atoms with Gasteiger partial charge in [0.1, 0.15) is 6.04 Å². The number of aryl methyl sites for hydroxylation is 2. The summed E-state index contributed by atoms with van der Waals surface area (Å²) in [4.78, 5) is 14.3. The van der Waals surface area contributed by atoms with Gasteiger partial charge in [0.2, 0.25) is 0 Å². The lowest BCUT2D eigenvalue weighted by atomic mass is 9.88. The van der Waals surface area contributed by atoms with E-state index in [-0.39, 0.29) is 6.04 Å². The number of piperidine rings is 1. The van der Waals surface area contributed by atoms with Crippen LogP contribution in [0.25, 0.3) is 11.1 Å². The van der Waals surface area contributed by atoms with Crippen molar-refractivity contribution in [1.29, 1.82) is 0 Å². The molecular formula is C27H29NO2. The Labute approximate surface area is 179 Å². The Bertz CT molecular complexity index is 1010. The molecule has 0 amide bonds. The van der Waals surface area contributed by atoms with Crippen LogP contribution in [0, 0.1) is 13.8 Å². The van der Waals surface area contributed by atoms with E-state index in [1.807, 2.05) is 18.2 Å². The van der Waals surface area contributed by atoms with Gasteiger partial charge in [-0.25, -0.2) is 0 Å². The first-order valence-corrected chi connectivity index (χ1v) is 10.8. The fraction of sp³-hybridized carbons (Fsp3) is 0.296. The molecule has 1 fully saturated rings. The molecule has 1 saturated heterocycles. The van der Waals surface area contributed by atoms with Crippen LogP contribution in [-0.2, 0) is 4.79 Å². The number of aliphatic carboxylic acids is 1. The van der Waals surface area contributed by atoms with E-state index >= 15 is 0 Å². The minimum atomic E-state index is -0.717. The molecule has 1 aliphatic heterocycles. The molecule has 1 heterocycles. The first-order chi connectivity index (χ1) is 14.5. The molecule has 0 aromatic heterocycles. The van der Waals surface area contributed by atoms with Crippen molar-refractivity contribution in [2.45, 2.75) is 45.2 Å². The second-order valence-electron chi connectivity index (χ2n) is 8.34. The van der Waals surface area contributed by atoms with Crippen molar-refractivity contribution in [3.63, 3.8) is 0 Å². The smallest absolute Gasteiger partial charge is 0.320 e. The van der Waals surface area contributed by atoms with Gasteiger partial charge in [-0.15, -0.1) is 0 Å². The maximum absolute atomic E-state index is 12.1. The van der Waals surface area contributed by atoms with Gasteiger partial charge in [0, 0.05) is 0 Å². The van der Waals surface area contributed by atoms with Crippen molar-refractivity contribution >= 4 is 5.97 Å². The van der Waals surface area contributed by atoms with Crippen LogP contribution in [0.1, 0.15) is 47.6 Å². The third kappa shape index (κ3) is 4.17. The van der Waals surface area contributed by atoms with E-state index in [0.29, 0.717) is 6.42 Å². The van der Waals surface area contributed by atoms with Gasteiger partial charge in [-0.05, 0) is 61.1 Å². The van der Waals surface area contributed by atoms with Gasteiger partial charge in [0.15, 0.2) is 0 Å². The highest BCUT2D eigenvalue weighted by Crippen LogP contribution is 2.37. The Hall–Kier alpha value is -2.91. The SMILES string of the molecule is Cc1ccc(C)c(C(c2ccc(-c3ccccc3)cc2)N2CCCCC2C(=O)O)c1. The maximum atomic E-state index is 12.1. The average Bonchev–Trinajstić information content (AvgIpc) is 2.78. The normalized spacial score (nSPS) is 18.1. The van der Waals surface area contributed by atoms with Crippen LogP contribution in [-0.4, -0.2) is 28.6 Å². The summed E-state index contributed by atoms with van der Waals surface area (Å²) in [6.07, 6.45) is 2.71. The summed E-state index contributed by atoms with van der Waals surface area (Å²) in [7, 11) is 0. The zero-order chi connectivity index (χ0) is 21.1. The van der Waals surface area contributed by atoms with Crippen molar-refractivity contribution in [3.8, 4) is 11.1 Å². The van der Waals surface area contributed by atoms with Gasteiger partial charge in [0.05, 0.1) is 6.04 Å². The highest BCUT2D eigenvalue weighted by Gasteiger charge is 2.35. The average molecular weight is 400 g/mol. The van der Waals surface area contributed by atoms with Gasteiger partial charge < -0.3 is 5.11 Å².